The lowest BCUT2D eigenvalue weighted by molar-refractivity contribution is -0.0840. The van der Waals surface area contributed by atoms with Gasteiger partial charge in [-0.15, -0.1) is 0 Å². The highest BCUT2D eigenvalue weighted by Gasteiger charge is 2.48. The Morgan fingerprint density at radius 2 is 2.00 bits per heavy atom. The third-order valence-electron chi connectivity index (χ3n) is 5.42. The molecule has 0 radical (unpaired) electrons. The fourth-order valence-electron chi connectivity index (χ4n) is 3.83. The van der Waals surface area contributed by atoms with Gasteiger partial charge in [0.15, 0.2) is 0 Å². The van der Waals surface area contributed by atoms with Crippen molar-refractivity contribution in [3.63, 3.8) is 0 Å². The summed E-state index contributed by atoms with van der Waals surface area (Å²) in [5, 5.41) is 9.42. The van der Waals surface area contributed by atoms with Gasteiger partial charge in [-0.3, -0.25) is 4.90 Å². The Morgan fingerprint density at radius 3 is 2.60 bits per heavy atom. The molecule has 2 heteroatoms. The van der Waals surface area contributed by atoms with E-state index in [0.29, 0.717) is 30.0 Å². The minimum atomic E-state index is 0.344. The van der Waals surface area contributed by atoms with Crippen LogP contribution < -0.4 is 0 Å². The third-order valence-corrected chi connectivity index (χ3v) is 5.42. The summed E-state index contributed by atoms with van der Waals surface area (Å²) in [6, 6.07) is 0.619. The van der Waals surface area contributed by atoms with Gasteiger partial charge in [0, 0.05) is 18.2 Å². The number of rotatable bonds is 1. The van der Waals surface area contributed by atoms with Crippen molar-refractivity contribution in [3.8, 4) is 0 Å². The summed E-state index contributed by atoms with van der Waals surface area (Å²) in [5.74, 6) is 2.09. The van der Waals surface area contributed by atoms with Crippen molar-refractivity contribution >= 4 is 0 Å². The quantitative estimate of drug-likeness (QED) is 0.718. The van der Waals surface area contributed by atoms with Crippen LogP contribution in [0.4, 0.5) is 0 Å². The van der Waals surface area contributed by atoms with Gasteiger partial charge in [0.2, 0.25) is 0 Å². The van der Waals surface area contributed by atoms with Gasteiger partial charge in [-0.25, -0.2) is 0 Å². The molecular formula is C13H25NO. The second-order valence-electron chi connectivity index (χ2n) is 6.12. The summed E-state index contributed by atoms with van der Waals surface area (Å²) in [5.41, 5.74) is 0.344. The molecule has 0 aromatic rings. The van der Waals surface area contributed by atoms with E-state index in [0.717, 1.165) is 5.92 Å². The van der Waals surface area contributed by atoms with Crippen LogP contribution in [0.3, 0.4) is 0 Å². The van der Waals surface area contributed by atoms with Gasteiger partial charge in [-0.1, -0.05) is 0 Å². The van der Waals surface area contributed by atoms with Crippen LogP contribution >= 0.6 is 0 Å². The Bertz CT molecular complexity index is 235. The van der Waals surface area contributed by atoms with Gasteiger partial charge in [0.25, 0.3) is 0 Å². The summed E-state index contributed by atoms with van der Waals surface area (Å²) >= 11 is 0. The smallest absolute Gasteiger partial charge is 0.0462 e. The van der Waals surface area contributed by atoms with E-state index in [1.807, 2.05) is 0 Å². The SMILES string of the molecule is C[C@H]1[C@@H]2C[C@@H](CC[C@@H]2CO)C(C)(C)N1C. The monoisotopic (exact) mass is 211 g/mol. The molecule has 1 N–H and O–H groups in total. The first-order chi connectivity index (χ1) is 6.98. The highest BCUT2D eigenvalue weighted by molar-refractivity contribution is 5.01. The lowest BCUT2D eigenvalue weighted by Crippen LogP contribution is -2.61. The zero-order valence-corrected chi connectivity index (χ0v) is 10.5. The van der Waals surface area contributed by atoms with Crippen LogP contribution in [-0.4, -0.2) is 35.2 Å². The molecule has 2 rings (SSSR count). The highest BCUT2D eigenvalue weighted by Crippen LogP contribution is 2.48. The van der Waals surface area contributed by atoms with Crippen molar-refractivity contribution < 1.29 is 5.11 Å². The average Bonchev–Trinajstić information content (AvgIpc) is 2.24. The van der Waals surface area contributed by atoms with Crippen LogP contribution in [0.25, 0.3) is 0 Å². The van der Waals surface area contributed by atoms with Crippen LogP contribution in [0, 0.1) is 17.8 Å². The van der Waals surface area contributed by atoms with Gasteiger partial charge in [-0.2, -0.15) is 0 Å². The molecule has 1 heterocycles. The van der Waals surface area contributed by atoms with Crippen LogP contribution in [0.2, 0.25) is 0 Å². The van der Waals surface area contributed by atoms with Gasteiger partial charge < -0.3 is 5.11 Å². The topological polar surface area (TPSA) is 23.5 Å². The molecule has 4 atom stereocenters. The molecule has 0 aromatic carbocycles. The average molecular weight is 211 g/mol. The molecule has 2 nitrogen and oxygen atoms in total. The van der Waals surface area contributed by atoms with Crippen LogP contribution in [0.15, 0.2) is 0 Å². The molecule has 0 aromatic heterocycles. The number of fused-ring (bicyclic) bond motifs is 2. The number of likely N-dealkylation sites (tertiary alicyclic amines) is 1. The summed E-state index contributed by atoms with van der Waals surface area (Å²) in [6.07, 6.45) is 3.85. The number of hydrogen-bond donors (Lipinski definition) is 1. The number of hydrogen-bond acceptors (Lipinski definition) is 2. The predicted molar refractivity (Wildman–Crippen MR) is 62.7 cm³/mol. The van der Waals surface area contributed by atoms with Gasteiger partial charge in [-0.05, 0) is 64.8 Å². The lowest BCUT2D eigenvalue weighted by Gasteiger charge is -2.57. The predicted octanol–water partition coefficient (Wildman–Crippen LogP) is 2.12. The number of aliphatic hydroxyl groups excluding tert-OH is 1. The van der Waals surface area contributed by atoms with Crippen molar-refractivity contribution in [1.82, 2.24) is 4.90 Å². The van der Waals surface area contributed by atoms with E-state index in [-0.39, 0.29) is 0 Å². The molecule has 0 amide bonds. The minimum Gasteiger partial charge on any atom is -0.396 e. The lowest BCUT2D eigenvalue weighted by atomic mass is 9.62. The highest BCUT2D eigenvalue weighted by atomic mass is 16.3. The van der Waals surface area contributed by atoms with E-state index in [1.165, 1.54) is 19.3 Å². The molecular weight excluding hydrogens is 186 g/mol. The molecule has 2 fully saturated rings. The standard InChI is InChI=1S/C13H25NO/c1-9-12-7-11(6-5-10(12)8-15)13(2,3)14(9)4/h9-12,15H,5-8H2,1-4H3/t9-,10+,11+,12-/m0/s1. The van der Waals surface area contributed by atoms with E-state index in [1.54, 1.807) is 0 Å². The maximum absolute atomic E-state index is 9.42. The van der Waals surface area contributed by atoms with Crippen molar-refractivity contribution in [2.45, 2.75) is 51.6 Å². The van der Waals surface area contributed by atoms with Gasteiger partial charge >= 0.3 is 0 Å². The fraction of sp³-hybridized carbons (Fsp3) is 1.00. The second kappa shape index (κ2) is 3.74. The Labute approximate surface area is 93.7 Å². The summed E-state index contributed by atoms with van der Waals surface area (Å²) in [4.78, 5) is 2.54. The maximum Gasteiger partial charge on any atom is 0.0462 e. The van der Waals surface area contributed by atoms with E-state index < -0.39 is 0 Å². The molecule has 0 unspecified atom stereocenters. The molecule has 1 saturated carbocycles. The molecule has 15 heavy (non-hydrogen) atoms. The molecule has 0 spiro atoms. The first kappa shape index (κ1) is 11.4. The van der Waals surface area contributed by atoms with Crippen LogP contribution in [0.5, 0.6) is 0 Å². The van der Waals surface area contributed by atoms with Crippen molar-refractivity contribution in [2.24, 2.45) is 17.8 Å². The Kier molecular flexibility index (Phi) is 2.85. The third kappa shape index (κ3) is 1.62. The summed E-state index contributed by atoms with van der Waals surface area (Å²) in [7, 11) is 2.25. The summed E-state index contributed by atoms with van der Waals surface area (Å²) in [6.45, 7) is 7.47. The van der Waals surface area contributed by atoms with Gasteiger partial charge in [0.1, 0.15) is 0 Å². The van der Waals surface area contributed by atoms with Crippen molar-refractivity contribution in [1.29, 1.82) is 0 Å². The second-order valence-corrected chi connectivity index (χ2v) is 6.12. The van der Waals surface area contributed by atoms with E-state index in [9.17, 15) is 5.11 Å². The zero-order valence-electron chi connectivity index (χ0n) is 10.5. The first-order valence-corrected chi connectivity index (χ1v) is 6.32. The molecule has 1 aliphatic carbocycles. The number of nitrogens with zero attached hydrogens (tertiary/aromatic N) is 1. The van der Waals surface area contributed by atoms with E-state index in [4.69, 9.17) is 0 Å². The first-order valence-electron chi connectivity index (χ1n) is 6.32. The fourth-order valence-corrected chi connectivity index (χ4v) is 3.83. The molecule has 1 saturated heterocycles. The van der Waals surface area contributed by atoms with Crippen LogP contribution in [0.1, 0.15) is 40.0 Å². The van der Waals surface area contributed by atoms with Crippen LogP contribution in [-0.2, 0) is 0 Å². The molecule has 1 aliphatic heterocycles. The maximum atomic E-state index is 9.42. The van der Waals surface area contributed by atoms with Crippen molar-refractivity contribution in [3.05, 3.63) is 0 Å². The largest absolute Gasteiger partial charge is 0.396 e. The molecule has 2 bridgehead atoms. The summed E-state index contributed by atoms with van der Waals surface area (Å²) < 4.78 is 0. The zero-order chi connectivity index (χ0) is 11.2. The normalized spacial score (nSPS) is 45.4. The van der Waals surface area contributed by atoms with Crippen molar-refractivity contribution in [2.75, 3.05) is 13.7 Å². The van der Waals surface area contributed by atoms with Gasteiger partial charge in [0.05, 0.1) is 0 Å². The minimum absolute atomic E-state index is 0.344. The number of aliphatic hydroxyl groups is 1. The molecule has 2 aliphatic rings. The Hall–Kier alpha value is -0.0800. The number of piperidine rings is 1. The van der Waals surface area contributed by atoms with E-state index >= 15 is 0 Å². The van der Waals surface area contributed by atoms with E-state index in [2.05, 4.69) is 32.7 Å². The Morgan fingerprint density at radius 1 is 1.33 bits per heavy atom. The Balaban J connectivity index is 2.22. The molecule has 88 valence electrons.